The minimum absolute atomic E-state index is 0.0102. The quantitative estimate of drug-likeness (QED) is 0.535. The summed E-state index contributed by atoms with van der Waals surface area (Å²) in [6, 6.07) is 3.44. The van der Waals surface area contributed by atoms with E-state index in [1.54, 1.807) is 20.0 Å². The van der Waals surface area contributed by atoms with Crippen LogP contribution in [0.25, 0.3) is 5.82 Å². The Hall–Kier alpha value is -3.15. The number of quaternary nitrogens is 1. The van der Waals surface area contributed by atoms with Gasteiger partial charge >= 0.3 is 6.18 Å². The van der Waals surface area contributed by atoms with Crippen LogP contribution in [0.1, 0.15) is 37.1 Å². The summed E-state index contributed by atoms with van der Waals surface area (Å²) in [6.45, 7) is 1.73. The molecule has 0 aromatic carbocycles. The van der Waals surface area contributed by atoms with E-state index in [9.17, 15) is 26.7 Å². The predicted molar refractivity (Wildman–Crippen MR) is 104 cm³/mol. The largest absolute Gasteiger partial charge is 0.435 e. The summed E-state index contributed by atoms with van der Waals surface area (Å²) >= 11 is 0. The molecule has 2 aromatic rings. The van der Waals surface area contributed by atoms with Gasteiger partial charge in [-0.1, -0.05) is 5.10 Å². The van der Waals surface area contributed by atoms with Crippen LogP contribution in [0.2, 0.25) is 0 Å². The fourth-order valence-corrected chi connectivity index (χ4v) is 3.35. The van der Waals surface area contributed by atoms with Crippen LogP contribution in [0.15, 0.2) is 47.5 Å². The second-order valence-electron chi connectivity index (χ2n) is 7.94. The minimum atomic E-state index is -4.56. The monoisotopic (exact) mass is 455 g/mol. The van der Waals surface area contributed by atoms with Crippen molar-refractivity contribution in [3.63, 3.8) is 0 Å². The Labute approximate surface area is 179 Å². The molecule has 1 N–H and O–H groups in total. The van der Waals surface area contributed by atoms with E-state index in [1.807, 2.05) is 0 Å². The summed E-state index contributed by atoms with van der Waals surface area (Å²) in [5.41, 5.74) is -1.17. The van der Waals surface area contributed by atoms with Gasteiger partial charge in [0.15, 0.2) is 17.2 Å². The van der Waals surface area contributed by atoms with Gasteiger partial charge in [-0.25, -0.2) is 18.4 Å². The van der Waals surface area contributed by atoms with Gasteiger partial charge in [-0.15, -0.1) is 0 Å². The molecule has 1 aliphatic carbocycles. The number of hydrogen-bond donors (Lipinski definition) is 1. The lowest BCUT2D eigenvalue weighted by Gasteiger charge is -2.28. The molecule has 2 aromatic heterocycles. The minimum Gasteiger partial charge on any atom is -0.349 e. The van der Waals surface area contributed by atoms with Crippen LogP contribution in [0, 0.1) is 0 Å². The lowest BCUT2D eigenvalue weighted by molar-refractivity contribution is -0.894. The molecule has 4 rings (SSSR count). The first-order valence-electron chi connectivity index (χ1n) is 9.85. The topological polar surface area (TPSA) is 72.2 Å². The molecule has 170 valence electrons. The van der Waals surface area contributed by atoms with Crippen molar-refractivity contribution < 1.29 is 31.3 Å². The molecule has 1 amide bonds. The lowest BCUT2D eigenvalue weighted by atomic mass is 10.1. The predicted octanol–water partition coefficient (Wildman–Crippen LogP) is 3.59. The zero-order chi connectivity index (χ0) is 23.3. The fourth-order valence-electron chi connectivity index (χ4n) is 3.35. The van der Waals surface area contributed by atoms with E-state index in [0.29, 0.717) is 5.56 Å². The number of rotatable bonds is 6. The summed E-state index contributed by atoms with van der Waals surface area (Å²) in [5.74, 6) is -0.412. The molecule has 1 fully saturated rings. The van der Waals surface area contributed by atoms with E-state index in [4.69, 9.17) is 0 Å². The highest BCUT2D eigenvalue weighted by Gasteiger charge is 2.43. The average Bonchev–Trinajstić information content (AvgIpc) is 3.25. The van der Waals surface area contributed by atoms with Gasteiger partial charge in [0.2, 0.25) is 0 Å². The molecule has 0 saturated heterocycles. The molecule has 2 atom stereocenters. The van der Waals surface area contributed by atoms with Gasteiger partial charge in [0.05, 0.1) is 7.05 Å². The zero-order valence-corrected chi connectivity index (χ0v) is 17.1. The Kier molecular flexibility index (Phi) is 5.35. The van der Waals surface area contributed by atoms with Crippen molar-refractivity contribution in [2.75, 3.05) is 7.05 Å². The van der Waals surface area contributed by atoms with Crippen molar-refractivity contribution in [2.24, 2.45) is 5.10 Å². The highest BCUT2D eigenvalue weighted by atomic mass is 19.4. The average molecular weight is 455 g/mol. The van der Waals surface area contributed by atoms with Gasteiger partial charge in [-0.2, -0.15) is 22.9 Å². The number of alkyl halides is 5. The second kappa shape index (κ2) is 7.76. The number of amides is 1. The van der Waals surface area contributed by atoms with Crippen LogP contribution >= 0.6 is 0 Å². The Morgan fingerprint density at radius 1 is 1.25 bits per heavy atom. The molecule has 1 saturated carbocycles. The maximum absolute atomic E-state index is 13.6. The highest BCUT2D eigenvalue weighted by molar-refractivity contribution is 6.23. The molecule has 0 bridgehead atoms. The standard InChI is InChI=1S/C20H19F5N6O/c1-11(12-3-6-16(26-9-12)30-8-7-15(28-30)20(23,24)25)31(2)10-14(17(29-31)18(21)22)19(32)27-13-4-5-13/h3,6-11,13,18H,4-5H2,1-2H3/p+1. The van der Waals surface area contributed by atoms with E-state index >= 15 is 0 Å². The van der Waals surface area contributed by atoms with Crippen LogP contribution in [-0.4, -0.2) is 50.5 Å². The number of pyridine rings is 1. The van der Waals surface area contributed by atoms with E-state index in [-0.39, 0.29) is 22.0 Å². The molecule has 32 heavy (non-hydrogen) atoms. The van der Waals surface area contributed by atoms with E-state index in [1.165, 1.54) is 18.5 Å². The molecular weight excluding hydrogens is 435 g/mol. The normalized spacial score (nSPS) is 22.0. The summed E-state index contributed by atoms with van der Waals surface area (Å²) in [7, 11) is 1.58. The first-order valence-corrected chi connectivity index (χ1v) is 9.85. The lowest BCUT2D eigenvalue weighted by Crippen LogP contribution is -2.34. The molecule has 0 radical (unpaired) electrons. The Bertz CT molecular complexity index is 1090. The van der Waals surface area contributed by atoms with E-state index in [0.717, 1.165) is 29.8 Å². The smallest absolute Gasteiger partial charge is 0.349 e. The van der Waals surface area contributed by atoms with Gasteiger partial charge in [0, 0.05) is 24.0 Å². The third-order valence-electron chi connectivity index (χ3n) is 5.51. The molecule has 3 heterocycles. The van der Waals surface area contributed by atoms with Crippen molar-refractivity contribution in [1.82, 2.24) is 20.1 Å². The summed E-state index contributed by atoms with van der Waals surface area (Å²) in [4.78, 5) is 16.6. The number of nitrogens with one attached hydrogen (secondary N) is 1. The SMILES string of the molecule is CC(c1ccc(-n2ccc(C(F)(F)F)n2)nc1)[N+]1(C)C=C(C(=O)NC2CC2)C(C(F)F)=N1. The van der Waals surface area contributed by atoms with Crippen molar-refractivity contribution >= 4 is 11.6 Å². The second-order valence-corrected chi connectivity index (χ2v) is 7.94. The van der Waals surface area contributed by atoms with E-state index < -0.39 is 36.0 Å². The first kappa shape index (κ1) is 22.1. The molecule has 2 unspecified atom stereocenters. The van der Waals surface area contributed by atoms with Crippen LogP contribution in [-0.2, 0) is 11.0 Å². The van der Waals surface area contributed by atoms with Crippen LogP contribution in [0.5, 0.6) is 0 Å². The Balaban J connectivity index is 1.57. The third kappa shape index (κ3) is 4.27. The summed E-state index contributed by atoms with van der Waals surface area (Å²) in [6.07, 6.45) is -1.88. The molecule has 2 aliphatic rings. The summed E-state index contributed by atoms with van der Waals surface area (Å²) in [5, 5.41) is 10.3. The Morgan fingerprint density at radius 3 is 2.50 bits per heavy atom. The van der Waals surface area contributed by atoms with Crippen LogP contribution in [0.4, 0.5) is 22.0 Å². The van der Waals surface area contributed by atoms with Gasteiger partial charge in [0.1, 0.15) is 17.8 Å². The molecule has 1 aliphatic heterocycles. The maximum Gasteiger partial charge on any atom is 0.435 e. The van der Waals surface area contributed by atoms with Gasteiger partial charge in [-0.3, -0.25) is 4.79 Å². The first-order chi connectivity index (χ1) is 15.0. The fraction of sp³-hybridized carbons (Fsp3) is 0.400. The van der Waals surface area contributed by atoms with Gasteiger partial charge in [-0.05, 0) is 38.0 Å². The van der Waals surface area contributed by atoms with Gasteiger partial charge in [0.25, 0.3) is 12.3 Å². The summed E-state index contributed by atoms with van der Waals surface area (Å²) < 4.78 is 66.1. The number of aromatic nitrogens is 3. The van der Waals surface area contributed by atoms with Crippen LogP contribution < -0.4 is 5.32 Å². The number of halogens is 5. The number of nitrogens with zero attached hydrogens (tertiary/aromatic N) is 5. The van der Waals surface area contributed by atoms with Crippen molar-refractivity contribution in [1.29, 1.82) is 0 Å². The zero-order valence-electron chi connectivity index (χ0n) is 17.1. The van der Waals surface area contributed by atoms with Gasteiger partial charge < -0.3 is 5.32 Å². The number of carbonyl (C=O) groups is 1. The molecular formula is C20H20F5N6O+. The van der Waals surface area contributed by atoms with Crippen LogP contribution in [0.3, 0.4) is 0 Å². The Morgan fingerprint density at radius 2 is 1.97 bits per heavy atom. The molecule has 0 spiro atoms. The maximum atomic E-state index is 13.6. The van der Waals surface area contributed by atoms with Crippen molar-refractivity contribution in [3.05, 3.63) is 53.6 Å². The molecule has 7 nitrogen and oxygen atoms in total. The van der Waals surface area contributed by atoms with Crippen molar-refractivity contribution in [2.45, 2.75) is 44.5 Å². The molecule has 12 heteroatoms. The van der Waals surface area contributed by atoms with Crippen molar-refractivity contribution in [3.8, 4) is 5.82 Å². The number of hydrogen-bond acceptors (Lipinski definition) is 4. The number of carbonyl (C=O) groups excluding carboxylic acids is 1. The third-order valence-corrected chi connectivity index (χ3v) is 5.51. The highest BCUT2D eigenvalue weighted by Crippen LogP contribution is 2.35. The van der Waals surface area contributed by atoms with E-state index in [2.05, 4.69) is 20.5 Å².